The third-order valence-corrected chi connectivity index (χ3v) is 10.9. The summed E-state index contributed by atoms with van der Waals surface area (Å²) in [6, 6.07) is 43.6. The summed E-state index contributed by atoms with van der Waals surface area (Å²) in [5.41, 5.74) is 8.55. The quantitative estimate of drug-likeness (QED) is 0.124. The van der Waals surface area contributed by atoms with Crippen LogP contribution in [0, 0.1) is 12.1 Å². The fourth-order valence-corrected chi connectivity index (χ4v) is 6.81. The van der Waals surface area contributed by atoms with Gasteiger partial charge in [-0.1, -0.05) is 125 Å². The zero-order chi connectivity index (χ0) is 34.1. The second-order valence-corrected chi connectivity index (χ2v) is 18.9. The van der Waals surface area contributed by atoms with Gasteiger partial charge in [0.05, 0.1) is 13.7 Å². The van der Waals surface area contributed by atoms with Crippen molar-refractivity contribution >= 4 is 35.2 Å². The van der Waals surface area contributed by atoms with Crippen LogP contribution < -0.4 is 5.19 Å². The van der Waals surface area contributed by atoms with E-state index >= 15 is 0 Å². The molecule has 7 rings (SSSR count). The Labute approximate surface area is 301 Å². The van der Waals surface area contributed by atoms with Gasteiger partial charge in [0.15, 0.2) is 0 Å². The van der Waals surface area contributed by atoms with E-state index in [1.807, 2.05) is 74.6 Å². The molecule has 5 heteroatoms. The third-order valence-electron chi connectivity index (χ3n) is 8.86. The second kappa shape index (κ2) is 14.5. The summed E-state index contributed by atoms with van der Waals surface area (Å²) in [5, 5.41) is 3.53. The molecule has 0 aliphatic heterocycles. The fourth-order valence-electron chi connectivity index (χ4n) is 5.77. The predicted molar refractivity (Wildman–Crippen MR) is 200 cm³/mol. The molecule has 48 heavy (non-hydrogen) atoms. The molecule has 3 aromatic heterocycles. The van der Waals surface area contributed by atoms with Crippen molar-refractivity contribution in [1.82, 2.24) is 9.97 Å². The number of hydrogen-bond acceptors (Lipinski definition) is 3. The van der Waals surface area contributed by atoms with Crippen molar-refractivity contribution in [3.8, 4) is 22.5 Å². The Bertz CT molecular complexity index is 2170. The summed E-state index contributed by atoms with van der Waals surface area (Å²) >= 11 is 0. The summed E-state index contributed by atoms with van der Waals surface area (Å²) in [6.45, 7) is 15.2. The van der Waals surface area contributed by atoms with Crippen LogP contribution in [0.4, 0.5) is 0 Å². The van der Waals surface area contributed by atoms with Crippen LogP contribution in [0.3, 0.4) is 0 Å². The van der Waals surface area contributed by atoms with Crippen LogP contribution in [0.1, 0.15) is 51.7 Å². The van der Waals surface area contributed by atoms with E-state index in [0.29, 0.717) is 0 Å². The molecule has 3 nitrogen and oxygen atoms in total. The van der Waals surface area contributed by atoms with Gasteiger partial charge < -0.3 is 14.4 Å². The van der Waals surface area contributed by atoms with Gasteiger partial charge in [-0.15, -0.1) is 54.1 Å². The van der Waals surface area contributed by atoms with E-state index in [9.17, 15) is 0 Å². The number of nitrogens with zero attached hydrogens (tertiary/aromatic N) is 2. The summed E-state index contributed by atoms with van der Waals surface area (Å²) in [6.07, 6.45) is 3.78. The van der Waals surface area contributed by atoms with Gasteiger partial charge in [0.2, 0.25) is 0 Å². The van der Waals surface area contributed by atoms with Crippen LogP contribution in [-0.4, -0.2) is 18.0 Å². The molecule has 3 heterocycles. The normalized spacial score (nSPS) is 12.2. The molecule has 0 saturated carbocycles. The smallest absolute Gasteiger partial charge is 0.121 e. The van der Waals surface area contributed by atoms with E-state index in [2.05, 4.69) is 110 Å². The number of benzene rings is 4. The standard InChI is InChI=1S/C29H26NO.C14H16NSi.Ir/c1-19(2)20-15-16-30-26(17-20)25-12-8-11-24-23-14-13-22(18-27(23)31-28(24)25)29(3,4)21-9-6-5-7-10-21;1-16(2,3)13-9-10-14(15-11-13)12-7-5-4-6-8-12;/h5-11,13-19H,1-4H3;4-7,9-11H,1-3H3;/q2*-1;/i19D;;. The number of rotatable bonds is 6. The molecule has 0 saturated heterocycles. The second-order valence-electron chi connectivity index (χ2n) is 13.8. The van der Waals surface area contributed by atoms with E-state index in [1.54, 1.807) is 6.20 Å². The van der Waals surface area contributed by atoms with Crippen molar-refractivity contribution in [2.45, 2.75) is 58.6 Å². The van der Waals surface area contributed by atoms with E-state index in [4.69, 9.17) is 5.79 Å². The summed E-state index contributed by atoms with van der Waals surface area (Å²) in [7, 11) is -1.23. The predicted octanol–water partition coefficient (Wildman–Crippen LogP) is 11.0. The van der Waals surface area contributed by atoms with Gasteiger partial charge >= 0.3 is 0 Å². The average molecular weight is 824 g/mol. The minimum atomic E-state index is -1.23. The van der Waals surface area contributed by atoms with Crippen molar-refractivity contribution in [3.05, 3.63) is 150 Å². The maximum atomic E-state index is 8.37. The molecular formula is C43H42IrN2OSi-2. The molecule has 0 aliphatic rings. The zero-order valence-electron chi connectivity index (χ0n) is 29.7. The first kappa shape index (κ1) is 33.7. The first-order chi connectivity index (χ1) is 22.8. The molecule has 0 fully saturated rings. The molecule has 0 spiro atoms. The number of hydrogen-bond donors (Lipinski definition) is 0. The van der Waals surface area contributed by atoms with Gasteiger partial charge in [0.1, 0.15) is 5.58 Å². The van der Waals surface area contributed by atoms with Crippen molar-refractivity contribution < 1.29 is 25.9 Å². The van der Waals surface area contributed by atoms with Crippen LogP contribution >= 0.6 is 0 Å². The molecule has 0 N–H and O–H groups in total. The van der Waals surface area contributed by atoms with Crippen molar-refractivity contribution in [1.29, 1.82) is 0 Å². The largest absolute Gasteiger partial charge is 0.501 e. The minimum absolute atomic E-state index is 0. The number of aromatic nitrogens is 2. The van der Waals surface area contributed by atoms with Crippen molar-refractivity contribution in [2.75, 3.05) is 0 Å². The summed E-state index contributed by atoms with van der Waals surface area (Å²) < 4.78 is 14.8. The molecule has 1 radical (unpaired) electrons. The van der Waals surface area contributed by atoms with Crippen molar-refractivity contribution in [3.63, 3.8) is 0 Å². The van der Waals surface area contributed by atoms with Crippen LogP contribution in [0.25, 0.3) is 44.5 Å². The van der Waals surface area contributed by atoms with Crippen LogP contribution in [0.2, 0.25) is 19.6 Å². The Hall–Kier alpha value is -4.15. The molecule has 0 aliphatic carbocycles. The Balaban J connectivity index is 0.000000233. The van der Waals surface area contributed by atoms with Gasteiger partial charge in [-0.2, -0.15) is 0 Å². The number of furan rings is 1. The van der Waals surface area contributed by atoms with E-state index < -0.39 is 14.0 Å². The van der Waals surface area contributed by atoms with Gasteiger partial charge in [0, 0.05) is 44.7 Å². The monoisotopic (exact) mass is 824 g/mol. The molecule has 0 amide bonds. The number of pyridine rings is 2. The topological polar surface area (TPSA) is 38.9 Å². The van der Waals surface area contributed by atoms with Gasteiger partial charge in [-0.05, 0) is 45.7 Å². The molecule has 0 atom stereocenters. The molecule has 7 aromatic rings. The fraction of sp³-hybridized carbons (Fsp3) is 0.209. The number of fused-ring (bicyclic) bond motifs is 3. The summed E-state index contributed by atoms with van der Waals surface area (Å²) in [5.74, 6) is -0.697. The molecular weight excluding hydrogens is 781 g/mol. The maximum Gasteiger partial charge on any atom is 0.121 e. The van der Waals surface area contributed by atoms with Gasteiger partial charge in [0.25, 0.3) is 0 Å². The molecule has 245 valence electrons. The summed E-state index contributed by atoms with van der Waals surface area (Å²) in [4.78, 5) is 9.08. The maximum absolute atomic E-state index is 8.37. The molecule has 4 aromatic carbocycles. The van der Waals surface area contributed by atoms with E-state index in [1.165, 1.54) is 16.3 Å². The van der Waals surface area contributed by atoms with Crippen LogP contribution in [0.15, 0.2) is 126 Å². The average Bonchev–Trinajstić information content (AvgIpc) is 3.47. The molecule has 0 unspecified atom stereocenters. The Morgan fingerprint density at radius 1 is 0.750 bits per heavy atom. The van der Waals surface area contributed by atoms with Gasteiger partial charge in [-0.3, -0.25) is 0 Å². The van der Waals surface area contributed by atoms with Crippen LogP contribution in [0.5, 0.6) is 0 Å². The first-order valence-corrected chi connectivity index (χ1v) is 19.7. The minimum Gasteiger partial charge on any atom is -0.501 e. The SMILES string of the molecule is C[Si](C)(C)c1ccc(-c2[c-]cccc2)nc1.[2H]C(C)(C)c1ccnc(-c2[c-]ccc3c2oc2cc(C(C)(C)c4ccccc4)ccc23)c1.[Ir]. The Kier molecular flexibility index (Phi) is 10.2. The Morgan fingerprint density at radius 2 is 1.52 bits per heavy atom. The zero-order valence-corrected chi connectivity index (χ0v) is 32.1. The molecule has 0 bridgehead atoms. The Morgan fingerprint density at radius 3 is 2.19 bits per heavy atom. The first-order valence-electron chi connectivity index (χ1n) is 16.7. The van der Waals surface area contributed by atoms with E-state index in [-0.39, 0.29) is 25.5 Å². The van der Waals surface area contributed by atoms with E-state index in [0.717, 1.165) is 50.0 Å². The van der Waals surface area contributed by atoms with Crippen molar-refractivity contribution in [2.24, 2.45) is 0 Å². The van der Waals surface area contributed by atoms with Gasteiger partial charge in [-0.25, -0.2) is 0 Å². The third kappa shape index (κ3) is 7.44. The van der Waals surface area contributed by atoms with Crippen LogP contribution in [-0.2, 0) is 25.5 Å².